The van der Waals surface area contributed by atoms with Gasteiger partial charge in [-0.05, 0) is 42.8 Å². The lowest BCUT2D eigenvalue weighted by Crippen LogP contribution is -2.17. The van der Waals surface area contributed by atoms with Crippen molar-refractivity contribution in [3.8, 4) is 11.5 Å². The summed E-state index contributed by atoms with van der Waals surface area (Å²) in [6, 6.07) is 15.2. The van der Waals surface area contributed by atoms with Crippen molar-refractivity contribution in [2.75, 3.05) is 0 Å². The molecular formula is C20H17ClN2O4. The van der Waals surface area contributed by atoms with Crippen LogP contribution in [0.4, 0.5) is 0 Å². The average molecular weight is 385 g/mol. The summed E-state index contributed by atoms with van der Waals surface area (Å²) in [4.78, 5) is 11.9. The van der Waals surface area contributed by atoms with Gasteiger partial charge in [0.05, 0.1) is 16.8 Å². The molecule has 7 heteroatoms. The molecule has 0 radical (unpaired) electrons. The zero-order valence-corrected chi connectivity index (χ0v) is 15.2. The molecule has 0 bridgehead atoms. The van der Waals surface area contributed by atoms with Gasteiger partial charge in [0.2, 0.25) is 0 Å². The van der Waals surface area contributed by atoms with Crippen LogP contribution >= 0.6 is 11.6 Å². The number of ether oxygens (including phenoxy) is 1. The quantitative estimate of drug-likeness (QED) is 0.490. The second-order valence-electron chi connectivity index (χ2n) is 5.69. The van der Waals surface area contributed by atoms with Gasteiger partial charge in [-0.15, -0.1) is 0 Å². The van der Waals surface area contributed by atoms with Crippen molar-refractivity contribution in [2.45, 2.75) is 13.5 Å². The van der Waals surface area contributed by atoms with E-state index in [1.54, 1.807) is 30.3 Å². The van der Waals surface area contributed by atoms with Gasteiger partial charge in [-0.1, -0.05) is 35.9 Å². The molecule has 1 amide bonds. The van der Waals surface area contributed by atoms with Crippen molar-refractivity contribution >= 4 is 23.7 Å². The highest BCUT2D eigenvalue weighted by Crippen LogP contribution is 2.28. The molecule has 138 valence electrons. The molecule has 3 aromatic rings. The maximum atomic E-state index is 11.9. The summed E-state index contributed by atoms with van der Waals surface area (Å²) in [5, 5.41) is 14.0. The minimum Gasteiger partial charge on any atom is -0.507 e. The van der Waals surface area contributed by atoms with Crippen LogP contribution in [0.2, 0.25) is 5.02 Å². The van der Waals surface area contributed by atoms with Crippen LogP contribution in [0, 0.1) is 6.92 Å². The summed E-state index contributed by atoms with van der Waals surface area (Å²) in [6.07, 6.45) is 1.36. The first-order valence-corrected chi connectivity index (χ1v) is 8.50. The number of carbonyl (C=O) groups is 1. The average Bonchev–Trinajstić information content (AvgIpc) is 3.09. The maximum Gasteiger partial charge on any atom is 0.275 e. The standard InChI is InChI=1S/C20H17ClN2O4/c1-13-5-4-7-17(21)19(13)26-12-15-10-9-14(27-15)11-22-23-20(25)16-6-2-3-8-18(16)24/h2-11,24H,12H2,1H3,(H,23,25)/b22-11+. The van der Waals surface area contributed by atoms with Crippen molar-refractivity contribution < 1.29 is 19.1 Å². The van der Waals surface area contributed by atoms with Crippen molar-refractivity contribution in [3.63, 3.8) is 0 Å². The van der Waals surface area contributed by atoms with Crippen LogP contribution in [-0.4, -0.2) is 17.2 Å². The van der Waals surface area contributed by atoms with E-state index in [1.165, 1.54) is 18.3 Å². The van der Waals surface area contributed by atoms with E-state index in [9.17, 15) is 9.90 Å². The molecule has 0 fully saturated rings. The first-order valence-electron chi connectivity index (χ1n) is 8.12. The summed E-state index contributed by atoms with van der Waals surface area (Å²) in [5.74, 6) is 1.01. The number of aromatic hydroxyl groups is 1. The van der Waals surface area contributed by atoms with Crippen LogP contribution in [0.3, 0.4) is 0 Å². The molecule has 1 heterocycles. The molecule has 2 N–H and O–H groups in total. The molecule has 0 atom stereocenters. The van der Waals surface area contributed by atoms with Gasteiger partial charge < -0.3 is 14.3 Å². The minimum atomic E-state index is -0.520. The lowest BCUT2D eigenvalue weighted by Gasteiger charge is -2.09. The fraction of sp³-hybridized carbons (Fsp3) is 0.100. The Morgan fingerprint density at radius 2 is 2.04 bits per heavy atom. The van der Waals surface area contributed by atoms with Crippen LogP contribution in [0.15, 0.2) is 64.1 Å². The van der Waals surface area contributed by atoms with E-state index in [-0.39, 0.29) is 17.9 Å². The van der Waals surface area contributed by atoms with E-state index in [0.29, 0.717) is 22.3 Å². The third-order valence-electron chi connectivity index (χ3n) is 3.71. The first-order chi connectivity index (χ1) is 13.0. The van der Waals surface area contributed by atoms with E-state index < -0.39 is 5.91 Å². The predicted octanol–water partition coefficient (Wildman–Crippen LogP) is 4.29. The molecule has 0 unspecified atom stereocenters. The van der Waals surface area contributed by atoms with Crippen LogP contribution in [-0.2, 0) is 6.61 Å². The van der Waals surface area contributed by atoms with Crippen LogP contribution in [0.1, 0.15) is 27.4 Å². The van der Waals surface area contributed by atoms with E-state index >= 15 is 0 Å². The number of benzene rings is 2. The molecular weight excluding hydrogens is 368 g/mol. The van der Waals surface area contributed by atoms with Crippen LogP contribution < -0.4 is 10.2 Å². The normalized spacial score (nSPS) is 10.9. The highest BCUT2D eigenvalue weighted by molar-refractivity contribution is 6.32. The van der Waals surface area contributed by atoms with E-state index in [4.69, 9.17) is 20.8 Å². The first kappa shape index (κ1) is 18.5. The van der Waals surface area contributed by atoms with Crippen molar-refractivity contribution in [2.24, 2.45) is 5.10 Å². The van der Waals surface area contributed by atoms with Gasteiger partial charge in [-0.3, -0.25) is 4.79 Å². The maximum absolute atomic E-state index is 11.9. The third kappa shape index (κ3) is 4.68. The van der Waals surface area contributed by atoms with Gasteiger partial charge in [0.25, 0.3) is 5.91 Å². The minimum absolute atomic E-state index is 0.113. The number of phenolic OH excluding ortho intramolecular Hbond substituents is 1. The number of furan rings is 1. The lowest BCUT2D eigenvalue weighted by molar-refractivity contribution is 0.0952. The van der Waals surface area contributed by atoms with Crippen molar-refractivity contribution in [1.29, 1.82) is 0 Å². The smallest absolute Gasteiger partial charge is 0.275 e. The SMILES string of the molecule is Cc1cccc(Cl)c1OCc1ccc(/C=N/NC(=O)c2ccccc2O)o1. The van der Waals surface area contributed by atoms with Gasteiger partial charge in [-0.25, -0.2) is 5.43 Å². The van der Waals surface area contributed by atoms with Crippen LogP contribution in [0.5, 0.6) is 11.5 Å². The Balaban J connectivity index is 1.57. The summed E-state index contributed by atoms with van der Waals surface area (Å²) in [6.45, 7) is 2.12. The highest BCUT2D eigenvalue weighted by Gasteiger charge is 2.09. The molecule has 27 heavy (non-hydrogen) atoms. The Labute approximate surface area is 161 Å². The number of para-hydroxylation sites is 2. The number of nitrogens with one attached hydrogen (secondary N) is 1. The molecule has 1 aromatic heterocycles. The second-order valence-corrected chi connectivity index (χ2v) is 6.10. The molecule has 6 nitrogen and oxygen atoms in total. The number of aryl methyl sites for hydroxylation is 1. The predicted molar refractivity (Wildman–Crippen MR) is 102 cm³/mol. The zero-order chi connectivity index (χ0) is 19.2. The largest absolute Gasteiger partial charge is 0.507 e. The number of carbonyl (C=O) groups excluding carboxylic acids is 1. The van der Waals surface area contributed by atoms with Gasteiger partial charge >= 0.3 is 0 Å². The number of hydrazone groups is 1. The summed E-state index contributed by atoms with van der Waals surface area (Å²) in [5.41, 5.74) is 3.40. The van der Waals surface area contributed by atoms with Crippen molar-refractivity contribution in [3.05, 3.63) is 82.3 Å². The Morgan fingerprint density at radius 3 is 2.81 bits per heavy atom. The molecule has 2 aromatic carbocycles. The number of rotatable bonds is 6. The number of phenols is 1. The number of nitrogens with zero attached hydrogens (tertiary/aromatic N) is 1. The zero-order valence-electron chi connectivity index (χ0n) is 14.5. The van der Waals surface area contributed by atoms with Gasteiger partial charge in [0, 0.05) is 0 Å². The highest BCUT2D eigenvalue weighted by atomic mass is 35.5. The Kier molecular flexibility index (Phi) is 5.78. The van der Waals surface area contributed by atoms with Crippen molar-refractivity contribution in [1.82, 2.24) is 5.43 Å². The molecule has 0 aliphatic carbocycles. The molecule has 3 rings (SSSR count). The van der Waals surface area contributed by atoms with Gasteiger partial charge in [0.1, 0.15) is 29.6 Å². The van der Waals surface area contributed by atoms with Crippen LogP contribution in [0.25, 0.3) is 0 Å². The molecule has 0 aliphatic rings. The molecule has 0 aliphatic heterocycles. The number of hydrogen-bond donors (Lipinski definition) is 2. The van der Waals surface area contributed by atoms with E-state index in [2.05, 4.69) is 10.5 Å². The third-order valence-corrected chi connectivity index (χ3v) is 4.01. The summed E-state index contributed by atoms with van der Waals surface area (Å²) in [7, 11) is 0. The lowest BCUT2D eigenvalue weighted by atomic mass is 10.2. The number of hydrogen-bond acceptors (Lipinski definition) is 5. The molecule has 0 saturated heterocycles. The molecule has 0 spiro atoms. The topological polar surface area (TPSA) is 84.1 Å². The Hall–Kier alpha value is -3.25. The van der Waals surface area contributed by atoms with Gasteiger partial charge in [-0.2, -0.15) is 5.10 Å². The summed E-state index contributed by atoms with van der Waals surface area (Å²) >= 11 is 6.13. The Morgan fingerprint density at radius 1 is 1.22 bits per heavy atom. The molecule has 0 saturated carbocycles. The summed E-state index contributed by atoms with van der Waals surface area (Å²) < 4.78 is 11.3. The number of halogens is 1. The van der Waals surface area contributed by atoms with E-state index in [1.807, 2.05) is 19.1 Å². The second kappa shape index (κ2) is 8.42. The monoisotopic (exact) mass is 384 g/mol. The fourth-order valence-corrected chi connectivity index (χ4v) is 2.64. The Bertz CT molecular complexity index is 961. The van der Waals surface area contributed by atoms with Gasteiger partial charge in [0.15, 0.2) is 0 Å². The fourth-order valence-electron chi connectivity index (χ4n) is 2.36. The van der Waals surface area contributed by atoms with E-state index in [0.717, 1.165) is 5.56 Å². The number of amides is 1.